The number of carboxylic acid groups (broad SMARTS) is 1. The summed E-state index contributed by atoms with van der Waals surface area (Å²) in [4.78, 5) is 25.2. The summed E-state index contributed by atoms with van der Waals surface area (Å²) in [5.74, 6) is -0.399. The van der Waals surface area contributed by atoms with Crippen LogP contribution in [0, 0.1) is 5.92 Å². The van der Waals surface area contributed by atoms with Gasteiger partial charge in [-0.25, -0.2) is 9.59 Å². The zero-order valence-electron chi connectivity index (χ0n) is 12.9. The van der Waals surface area contributed by atoms with Gasteiger partial charge in [-0.15, -0.1) is 0 Å². The van der Waals surface area contributed by atoms with Crippen LogP contribution >= 0.6 is 0 Å². The number of rotatable bonds is 6. The first-order valence-corrected chi connectivity index (χ1v) is 7.71. The van der Waals surface area contributed by atoms with E-state index < -0.39 is 11.5 Å². The SMILES string of the molecule is CCC(CC)(NC(=O)N(C)CC1CCCCC1)C(=O)O. The molecule has 2 amide bonds. The largest absolute Gasteiger partial charge is 0.480 e. The zero-order chi connectivity index (χ0) is 15.2. The number of nitrogens with one attached hydrogen (secondary N) is 1. The summed E-state index contributed by atoms with van der Waals surface area (Å²) in [6, 6.07) is -0.276. The maximum atomic E-state index is 12.2. The quantitative estimate of drug-likeness (QED) is 0.788. The molecule has 1 rings (SSSR count). The van der Waals surface area contributed by atoms with Gasteiger partial charge in [-0.1, -0.05) is 33.1 Å². The molecule has 0 aromatic heterocycles. The maximum Gasteiger partial charge on any atom is 0.329 e. The molecule has 0 spiro atoms. The number of nitrogens with zero attached hydrogens (tertiary/aromatic N) is 1. The summed E-state index contributed by atoms with van der Waals surface area (Å²) in [7, 11) is 1.75. The number of carbonyl (C=O) groups is 2. The minimum atomic E-state index is -1.14. The van der Waals surface area contributed by atoms with E-state index >= 15 is 0 Å². The van der Waals surface area contributed by atoms with Crippen molar-refractivity contribution in [3.63, 3.8) is 0 Å². The minimum Gasteiger partial charge on any atom is -0.480 e. The molecule has 0 heterocycles. The Bertz CT molecular complexity index is 334. The molecule has 20 heavy (non-hydrogen) atoms. The average molecular weight is 284 g/mol. The molecule has 1 fully saturated rings. The summed E-state index contributed by atoms with van der Waals surface area (Å²) in [6.07, 6.45) is 6.89. The Hall–Kier alpha value is -1.26. The molecule has 5 nitrogen and oxygen atoms in total. The Kier molecular flexibility index (Phi) is 6.30. The van der Waals surface area contributed by atoms with Crippen LogP contribution in [0.25, 0.3) is 0 Å². The van der Waals surface area contributed by atoms with E-state index in [0.717, 1.165) is 6.54 Å². The average Bonchev–Trinajstić information content (AvgIpc) is 2.45. The van der Waals surface area contributed by atoms with E-state index in [-0.39, 0.29) is 6.03 Å². The molecular weight excluding hydrogens is 256 g/mol. The minimum absolute atomic E-state index is 0.276. The zero-order valence-corrected chi connectivity index (χ0v) is 12.9. The third-order valence-electron chi connectivity index (χ3n) is 4.57. The number of carbonyl (C=O) groups excluding carboxylic acids is 1. The van der Waals surface area contributed by atoms with E-state index in [4.69, 9.17) is 0 Å². The molecule has 0 unspecified atom stereocenters. The van der Waals surface area contributed by atoms with Crippen LogP contribution in [0.1, 0.15) is 58.8 Å². The lowest BCUT2D eigenvalue weighted by molar-refractivity contribution is -0.144. The van der Waals surface area contributed by atoms with Gasteiger partial charge in [-0.2, -0.15) is 0 Å². The van der Waals surface area contributed by atoms with E-state index in [1.807, 2.05) is 0 Å². The molecule has 116 valence electrons. The molecule has 2 N–H and O–H groups in total. The normalized spacial score (nSPS) is 16.8. The highest BCUT2D eigenvalue weighted by atomic mass is 16.4. The molecule has 1 saturated carbocycles. The molecule has 0 aromatic carbocycles. The molecule has 0 aromatic rings. The lowest BCUT2D eigenvalue weighted by Gasteiger charge is -2.32. The summed E-state index contributed by atoms with van der Waals surface area (Å²) in [5, 5.41) is 12.0. The molecule has 0 radical (unpaired) electrons. The molecule has 0 saturated heterocycles. The van der Waals surface area contributed by atoms with Gasteiger partial charge in [0.15, 0.2) is 0 Å². The van der Waals surface area contributed by atoms with Gasteiger partial charge < -0.3 is 15.3 Å². The fourth-order valence-electron chi connectivity index (χ4n) is 2.92. The first-order chi connectivity index (χ1) is 9.45. The van der Waals surface area contributed by atoms with Crippen LogP contribution in [0.4, 0.5) is 4.79 Å². The third kappa shape index (κ3) is 4.12. The summed E-state index contributed by atoms with van der Waals surface area (Å²) in [5.41, 5.74) is -1.14. The Balaban J connectivity index is 2.57. The van der Waals surface area contributed by atoms with Crippen molar-refractivity contribution in [2.75, 3.05) is 13.6 Å². The van der Waals surface area contributed by atoms with Crippen molar-refractivity contribution in [1.82, 2.24) is 10.2 Å². The molecule has 0 aliphatic heterocycles. The molecule has 1 aliphatic carbocycles. The second-order valence-corrected chi connectivity index (χ2v) is 5.91. The van der Waals surface area contributed by atoms with Crippen LogP contribution in [0.5, 0.6) is 0 Å². The van der Waals surface area contributed by atoms with Gasteiger partial charge in [0, 0.05) is 13.6 Å². The van der Waals surface area contributed by atoms with E-state index in [2.05, 4.69) is 5.32 Å². The lowest BCUT2D eigenvalue weighted by Crippen LogP contribution is -2.57. The topological polar surface area (TPSA) is 69.6 Å². The van der Waals surface area contributed by atoms with Crippen molar-refractivity contribution < 1.29 is 14.7 Å². The van der Waals surface area contributed by atoms with E-state index in [1.165, 1.54) is 32.1 Å². The lowest BCUT2D eigenvalue weighted by atomic mass is 9.89. The Labute approximate surface area is 121 Å². The highest BCUT2D eigenvalue weighted by Crippen LogP contribution is 2.24. The number of urea groups is 1. The van der Waals surface area contributed by atoms with Crippen LogP contribution in [0.3, 0.4) is 0 Å². The molecular formula is C15H28N2O3. The number of aliphatic carboxylic acids is 1. The van der Waals surface area contributed by atoms with E-state index in [9.17, 15) is 14.7 Å². The Morgan fingerprint density at radius 2 is 1.75 bits per heavy atom. The molecule has 1 aliphatic rings. The smallest absolute Gasteiger partial charge is 0.329 e. The van der Waals surface area contributed by atoms with Gasteiger partial charge in [0.2, 0.25) is 0 Å². The number of carboxylic acids is 1. The predicted octanol–water partition coefficient (Wildman–Crippen LogP) is 2.85. The van der Waals surface area contributed by atoms with Gasteiger partial charge in [0.25, 0.3) is 0 Å². The fourth-order valence-corrected chi connectivity index (χ4v) is 2.92. The monoisotopic (exact) mass is 284 g/mol. The highest BCUT2D eigenvalue weighted by Gasteiger charge is 2.37. The third-order valence-corrected chi connectivity index (χ3v) is 4.57. The van der Waals surface area contributed by atoms with E-state index in [0.29, 0.717) is 18.8 Å². The van der Waals surface area contributed by atoms with Crippen molar-refractivity contribution in [2.45, 2.75) is 64.3 Å². The van der Waals surface area contributed by atoms with Crippen LogP contribution in [0.2, 0.25) is 0 Å². The predicted molar refractivity (Wildman–Crippen MR) is 78.7 cm³/mol. The standard InChI is InChI=1S/C15H28N2O3/c1-4-15(5-2,13(18)19)16-14(20)17(3)11-12-9-7-6-8-10-12/h12H,4-11H2,1-3H3,(H,16,20)(H,18,19). The van der Waals surface area contributed by atoms with Crippen molar-refractivity contribution in [3.05, 3.63) is 0 Å². The van der Waals surface area contributed by atoms with Crippen molar-refractivity contribution in [3.8, 4) is 0 Å². The summed E-state index contributed by atoms with van der Waals surface area (Å²) < 4.78 is 0. The Morgan fingerprint density at radius 1 is 1.20 bits per heavy atom. The van der Waals surface area contributed by atoms with Crippen LogP contribution in [-0.4, -0.2) is 41.1 Å². The van der Waals surface area contributed by atoms with Crippen LogP contribution < -0.4 is 5.32 Å². The van der Waals surface area contributed by atoms with Gasteiger partial charge in [0.1, 0.15) is 5.54 Å². The number of amides is 2. The van der Waals surface area contributed by atoms with Crippen molar-refractivity contribution in [1.29, 1.82) is 0 Å². The van der Waals surface area contributed by atoms with Gasteiger partial charge in [0.05, 0.1) is 0 Å². The van der Waals surface area contributed by atoms with Crippen LogP contribution in [-0.2, 0) is 4.79 Å². The number of hydrogen-bond acceptors (Lipinski definition) is 2. The highest BCUT2D eigenvalue weighted by molar-refractivity contribution is 5.86. The second kappa shape index (κ2) is 7.50. The molecule has 5 heteroatoms. The fraction of sp³-hybridized carbons (Fsp3) is 0.867. The number of hydrogen-bond donors (Lipinski definition) is 2. The molecule has 0 bridgehead atoms. The summed E-state index contributed by atoms with van der Waals surface area (Å²) in [6.45, 7) is 4.30. The van der Waals surface area contributed by atoms with Crippen LogP contribution in [0.15, 0.2) is 0 Å². The van der Waals surface area contributed by atoms with Crippen molar-refractivity contribution in [2.24, 2.45) is 5.92 Å². The molecule has 0 atom stereocenters. The maximum absolute atomic E-state index is 12.2. The van der Waals surface area contributed by atoms with Gasteiger partial charge in [-0.3, -0.25) is 0 Å². The summed E-state index contributed by atoms with van der Waals surface area (Å²) >= 11 is 0. The van der Waals surface area contributed by atoms with Crippen molar-refractivity contribution >= 4 is 12.0 Å². The Morgan fingerprint density at radius 3 is 2.20 bits per heavy atom. The van der Waals surface area contributed by atoms with Gasteiger partial charge >= 0.3 is 12.0 Å². The first kappa shape index (κ1) is 16.8. The van der Waals surface area contributed by atoms with Gasteiger partial charge in [-0.05, 0) is 31.6 Å². The first-order valence-electron chi connectivity index (χ1n) is 7.71. The van der Waals surface area contributed by atoms with E-state index in [1.54, 1.807) is 25.8 Å². The second-order valence-electron chi connectivity index (χ2n) is 5.91.